The number of aromatic amines is 1. The molecule has 0 bridgehead atoms. The number of aromatic nitrogens is 1. The van der Waals surface area contributed by atoms with Gasteiger partial charge in [-0.3, -0.25) is 4.79 Å². The fourth-order valence-electron chi connectivity index (χ4n) is 3.23. The maximum atomic E-state index is 12.3. The predicted octanol–water partition coefficient (Wildman–Crippen LogP) is 3.09. The van der Waals surface area contributed by atoms with E-state index in [0.717, 1.165) is 40.8 Å². The quantitative estimate of drug-likeness (QED) is 0.907. The first-order valence-electron chi connectivity index (χ1n) is 7.62. The van der Waals surface area contributed by atoms with Crippen molar-refractivity contribution in [1.29, 1.82) is 0 Å². The number of carbonyl (C=O) groups excluding carboxylic acids is 1. The van der Waals surface area contributed by atoms with Crippen LogP contribution in [0.1, 0.15) is 36.9 Å². The maximum Gasteiger partial charge on any atom is 0.224 e. The smallest absolute Gasteiger partial charge is 0.224 e. The first-order chi connectivity index (χ1) is 10.2. The summed E-state index contributed by atoms with van der Waals surface area (Å²) < 4.78 is 5.28. The van der Waals surface area contributed by atoms with Gasteiger partial charge in [0.15, 0.2) is 0 Å². The first kappa shape index (κ1) is 14.0. The lowest BCUT2D eigenvalue weighted by Gasteiger charge is -2.12. The fourth-order valence-corrected chi connectivity index (χ4v) is 3.23. The van der Waals surface area contributed by atoms with Crippen LogP contribution in [-0.4, -0.2) is 24.0 Å². The van der Waals surface area contributed by atoms with Crippen LogP contribution in [0.5, 0.6) is 5.75 Å². The Bertz CT molecular complexity index is 654. The molecule has 112 valence electrons. The molecule has 0 radical (unpaired) electrons. The molecule has 4 heteroatoms. The van der Waals surface area contributed by atoms with Gasteiger partial charge in [0.05, 0.1) is 13.5 Å². The highest BCUT2D eigenvalue weighted by molar-refractivity contribution is 5.91. The molecule has 0 unspecified atom stereocenters. The summed E-state index contributed by atoms with van der Waals surface area (Å²) in [5.41, 5.74) is 3.18. The van der Waals surface area contributed by atoms with Gasteiger partial charge in [-0.15, -0.1) is 0 Å². The zero-order valence-electron chi connectivity index (χ0n) is 12.7. The molecule has 21 heavy (non-hydrogen) atoms. The number of amides is 1. The molecule has 0 aliphatic heterocycles. The Morgan fingerprint density at radius 3 is 2.86 bits per heavy atom. The number of fused-ring (bicyclic) bond motifs is 1. The second-order valence-corrected chi connectivity index (χ2v) is 5.87. The van der Waals surface area contributed by atoms with Gasteiger partial charge in [-0.1, -0.05) is 12.8 Å². The Hall–Kier alpha value is -1.97. The van der Waals surface area contributed by atoms with Crippen molar-refractivity contribution in [2.24, 2.45) is 0 Å². The topological polar surface area (TPSA) is 54.1 Å². The molecule has 1 heterocycles. The van der Waals surface area contributed by atoms with E-state index in [4.69, 9.17) is 4.74 Å². The van der Waals surface area contributed by atoms with Gasteiger partial charge in [0.2, 0.25) is 5.91 Å². The maximum absolute atomic E-state index is 12.3. The third kappa shape index (κ3) is 2.89. The number of rotatable bonds is 4. The van der Waals surface area contributed by atoms with Crippen molar-refractivity contribution in [3.8, 4) is 5.75 Å². The molecule has 4 nitrogen and oxygen atoms in total. The number of benzene rings is 1. The van der Waals surface area contributed by atoms with E-state index in [2.05, 4.69) is 10.3 Å². The predicted molar refractivity (Wildman–Crippen MR) is 83.7 cm³/mol. The van der Waals surface area contributed by atoms with Gasteiger partial charge in [0.1, 0.15) is 5.75 Å². The minimum absolute atomic E-state index is 0.119. The van der Waals surface area contributed by atoms with Crippen LogP contribution in [0.2, 0.25) is 0 Å². The standard InChI is InChI=1S/C17H22N2O2/c1-11-14(10-17(20)19-12-5-3-4-6-12)15-9-13(21-2)7-8-16(15)18-11/h7-9,12,18H,3-6,10H2,1-2H3,(H,19,20). The zero-order chi connectivity index (χ0) is 14.8. The van der Waals surface area contributed by atoms with Crippen LogP contribution < -0.4 is 10.1 Å². The van der Waals surface area contributed by atoms with E-state index in [0.29, 0.717) is 12.5 Å². The number of aryl methyl sites for hydroxylation is 1. The van der Waals surface area contributed by atoms with Gasteiger partial charge in [-0.25, -0.2) is 0 Å². The minimum Gasteiger partial charge on any atom is -0.497 e. The van der Waals surface area contributed by atoms with Crippen molar-refractivity contribution in [3.05, 3.63) is 29.5 Å². The summed E-state index contributed by atoms with van der Waals surface area (Å²) >= 11 is 0. The summed E-state index contributed by atoms with van der Waals surface area (Å²) in [5, 5.41) is 4.23. The molecule has 3 rings (SSSR count). The molecular weight excluding hydrogens is 264 g/mol. The van der Waals surface area contributed by atoms with E-state index in [-0.39, 0.29) is 5.91 Å². The molecule has 1 fully saturated rings. The number of H-pyrrole nitrogens is 1. The third-order valence-electron chi connectivity index (χ3n) is 4.38. The van der Waals surface area contributed by atoms with Crippen molar-refractivity contribution >= 4 is 16.8 Å². The highest BCUT2D eigenvalue weighted by Gasteiger charge is 2.19. The number of hydrogen-bond acceptors (Lipinski definition) is 2. The third-order valence-corrected chi connectivity index (χ3v) is 4.38. The SMILES string of the molecule is COc1ccc2[nH]c(C)c(CC(=O)NC3CCCC3)c2c1. The molecule has 1 aromatic carbocycles. The van der Waals surface area contributed by atoms with E-state index in [1.807, 2.05) is 25.1 Å². The number of ether oxygens (including phenoxy) is 1. The van der Waals surface area contributed by atoms with Gasteiger partial charge in [0.25, 0.3) is 0 Å². The van der Waals surface area contributed by atoms with Crippen LogP contribution in [-0.2, 0) is 11.2 Å². The molecule has 0 spiro atoms. The summed E-state index contributed by atoms with van der Waals surface area (Å²) in [6.45, 7) is 2.02. The normalized spacial score (nSPS) is 15.5. The van der Waals surface area contributed by atoms with Crippen LogP contribution in [0.4, 0.5) is 0 Å². The van der Waals surface area contributed by atoms with Gasteiger partial charge in [0, 0.05) is 22.6 Å². The largest absolute Gasteiger partial charge is 0.497 e. The Kier molecular flexibility index (Phi) is 3.86. The van der Waals surface area contributed by atoms with Crippen LogP contribution in [0.25, 0.3) is 10.9 Å². The minimum atomic E-state index is 0.119. The van der Waals surface area contributed by atoms with Crippen LogP contribution in [0.3, 0.4) is 0 Å². The van der Waals surface area contributed by atoms with Gasteiger partial charge < -0.3 is 15.0 Å². The van der Waals surface area contributed by atoms with Gasteiger partial charge in [-0.2, -0.15) is 0 Å². The van der Waals surface area contributed by atoms with Crippen LogP contribution in [0, 0.1) is 6.92 Å². The Morgan fingerprint density at radius 1 is 1.38 bits per heavy atom. The van der Waals surface area contributed by atoms with E-state index >= 15 is 0 Å². The van der Waals surface area contributed by atoms with Crippen LogP contribution in [0.15, 0.2) is 18.2 Å². The number of hydrogen-bond donors (Lipinski definition) is 2. The van der Waals surface area contributed by atoms with Gasteiger partial charge in [-0.05, 0) is 43.5 Å². The fraction of sp³-hybridized carbons (Fsp3) is 0.471. The lowest BCUT2D eigenvalue weighted by molar-refractivity contribution is -0.121. The lowest BCUT2D eigenvalue weighted by atomic mass is 10.1. The Labute approximate surface area is 124 Å². The van der Waals surface area contributed by atoms with Crippen molar-refractivity contribution < 1.29 is 9.53 Å². The summed E-state index contributed by atoms with van der Waals surface area (Å²) in [5.74, 6) is 0.938. The van der Waals surface area contributed by atoms with E-state index in [1.54, 1.807) is 7.11 Å². The Balaban J connectivity index is 1.81. The summed E-state index contributed by atoms with van der Waals surface area (Å²) in [6.07, 6.45) is 5.12. The van der Waals surface area contributed by atoms with Crippen molar-refractivity contribution in [1.82, 2.24) is 10.3 Å². The van der Waals surface area contributed by atoms with E-state index in [9.17, 15) is 4.79 Å². The highest BCUT2D eigenvalue weighted by atomic mass is 16.5. The molecule has 1 amide bonds. The molecule has 1 aliphatic rings. The highest BCUT2D eigenvalue weighted by Crippen LogP contribution is 2.27. The second kappa shape index (κ2) is 5.80. The monoisotopic (exact) mass is 286 g/mol. The molecule has 1 aromatic heterocycles. The van der Waals surface area contributed by atoms with E-state index in [1.165, 1.54) is 12.8 Å². The summed E-state index contributed by atoms with van der Waals surface area (Å²) in [4.78, 5) is 15.6. The van der Waals surface area contributed by atoms with Gasteiger partial charge >= 0.3 is 0 Å². The molecule has 2 N–H and O–H groups in total. The number of methoxy groups -OCH3 is 1. The lowest BCUT2D eigenvalue weighted by Crippen LogP contribution is -2.33. The first-order valence-corrected chi connectivity index (χ1v) is 7.62. The average Bonchev–Trinajstić information content (AvgIpc) is 3.07. The average molecular weight is 286 g/mol. The number of nitrogens with one attached hydrogen (secondary N) is 2. The molecule has 1 aliphatic carbocycles. The summed E-state index contributed by atoms with van der Waals surface area (Å²) in [6, 6.07) is 6.30. The van der Waals surface area contributed by atoms with Crippen molar-refractivity contribution in [2.45, 2.75) is 45.1 Å². The summed E-state index contributed by atoms with van der Waals surface area (Å²) in [7, 11) is 1.66. The van der Waals surface area contributed by atoms with E-state index < -0.39 is 0 Å². The number of carbonyl (C=O) groups is 1. The zero-order valence-corrected chi connectivity index (χ0v) is 12.7. The molecule has 0 atom stereocenters. The van der Waals surface area contributed by atoms with Crippen LogP contribution >= 0.6 is 0 Å². The van der Waals surface area contributed by atoms with Crippen molar-refractivity contribution in [2.75, 3.05) is 7.11 Å². The second-order valence-electron chi connectivity index (χ2n) is 5.87. The molecular formula is C17H22N2O2. The molecule has 1 saturated carbocycles. The Morgan fingerprint density at radius 2 is 2.14 bits per heavy atom. The van der Waals surface area contributed by atoms with Crippen molar-refractivity contribution in [3.63, 3.8) is 0 Å². The molecule has 2 aromatic rings. The molecule has 0 saturated heterocycles.